The fourth-order valence-corrected chi connectivity index (χ4v) is 3.44. The van der Waals surface area contributed by atoms with Crippen molar-refractivity contribution < 1.29 is 18.3 Å². The summed E-state index contributed by atoms with van der Waals surface area (Å²) in [5.74, 6) is -1.36. The van der Waals surface area contributed by atoms with Crippen LogP contribution in [0.1, 0.15) is 12.5 Å². The summed E-state index contributed by atoms with van der Waals surface area (Å²) in [7, 11) is -2.51. The van der Waals surface area contributed by atoms with Crippen LogP contribution in [-0.4, -0.2) is 36.1 Å². The molecule has 1 N–H and O–H groups in total. The Balaban J connectivity index is 2.14. The molecule has 5 nitrogen and oxygen atoms in total. The van der Waals surface area contributed by atoms with Crippen molar-refractivity contribution in [3.63, 3.8) is 0 Å². The first-order valence-corrected chi connectivity index (χ1v) is 9.13. The van der Waals surface area contributed by atoms with Crippen molar-refractivity contribution >= 4 is 27.6 Å². The third-order valence-corrected chi connectivity index (χ3v) is 6.11. The fourth-order valence-electron chi connectivity index (χ4n) is 2.19. The Bertz CT molecular complexity index is 817. The Kier molecular flexibility index (Phi) is 5.64. The normalized spacial score (nSPS) is 13.0. The molecule has 0 aliphatic rings. The van der Waals surface area contributed by atoms with E-state index in [1.165, 1.54) is 7.05 Å². The van der Waals surface area contributed by atoms with Crippen molar-refractivity contribution in [2.45, 2.75) is 18.7 Å². The van der Waals surface area contributed by atoms with Crippen LogP contribution in [0.15, 0.2) is 48.5 Å². The first kappa shape index (κ1) is 18.4. The predicted molar refractivity (Wildman–Crippen MR) is 94.4 cm³/mol. The average Bonchev–Trinajstić information content (AvgIpc) is 2.55. The number of nitrogens with zero attached hydrogens (tertiary/aromatic N) is 1. The van der Waals surface area contributed by atoms with Crippen LogP contribution in [0.25, 0.3) is 11.1 Å². The molecule has 0 amide bonds. The lowest BCUT2D eigenvalue weighted by molar-refractivity contribution is -0.136. The molecule has 1 atom stereocenters. The standard InChI is InChI=1S/C17H18ClNO4S/c1-12(17(20)21)24(22,23)19(2)11-13-3-5-14(6-4-13)15-7-9-16(18)10-8-15/h3-10,12H,11H2,1-2H3,(H,20,21). The molecule has 0 heterocycles. The van der Waals surface area contributed by atoms with Crippen LogP contribution in [0.3, 0.4) is 0 Å². The maximum Gasteiger partial charge on any atom is 0.323 e. The van der Waals surface area contributed by atoms with E-state index in [4.69, 9.17) is 16.7 Å². The maximum atomic E-state index is 12.1. The second kappa shape index (κ2) is 7.34. The largest absolute Gasteiger partial charge is 0.480 e. The smallest absolute Gasteiger partial charge is 0.323 e. The van der Waals surface area contributed by atoms with E-state index in [-0.39, 0.29) is 6.54 Å². The van der Waals surface area contributed by atoms with Gasteiger partial charge in [-0.2, -0.15) is 4.31 Å². The van der Waals surface area contributed by atoms with Crippen LogP contribution >= 0.6 is 11.6 Å². The minimum atomic E-state index is -3.88. The van der Waals surface area contributed by atoms with Gasteiger partial charge in [-0.3, -0.25) is 4.79 Å². The molecule has 0 saturated heterocycles. The molecule has 2 rings (SSSR count). The zero-order chi connectivity index (χ0) is 17.9. The number of rotatable bonds is 6. The Hall–Kier alpha value is -1.89. The maximum absolute atomic E-state index is 12.1. The molecule has 0 bridgehead atoms. The quantitative estimate of drug-likeness (QED) is 0.850. The summed E-state index contributed by atoms with van der Waals surface area (Å²) in [5, 5.41) is 8.09. The molecule has 0 saturated carbocycles. The van der Waals surface area contributed by atoms with Gasteiger partial charge in [0.15, 0.2) is 5.25 Å². The van der Waals surface area contributed by atoms with E-state index in [2.05, 4.69) is 0 Å². The van der Waals surface area contributed by atoms with E-state index in [9.17, 15) is 13.2 Å². The molecular weight excluding hydrogens is 350 g/mol. The molecule has 7 heteroatoms. The first-order valence-electron chi connectivity index (χ1n) is 7.24. The van der Waals surface area contributed by atoms with E-state index in [1.54, 1.807) is 12.1 Å². The highest BCUT2D eigenvalue weighted by atomic mass is 35.5. The number of sulfonamides is 1. The minimum Gasteiger partial charge on any atom is -0.480 e. The molecule has 0 aliphatic heterocycles. The topological polar surface area (TPSA) is 74.7 Å². The van der Waals surface area contributed by atoms with Crippen molar-refractivity contribution in [2.75, 3.05) is 7.05 Å². The first-order chi connectivity index (χ1) is 11.2. The van der Waals surface area contributed by atoms with E-state index < -0.39 is 21.2 Å². The summed E-state index contributed by atoms with van der Waals surface area (Å²) in [6.07, 6.45) is 0. The Morgan fingerprint density at radius 2 is 1.54 bits per heavy atom. The molecule has 2 aromatic rings. The lowest BCUT2D eigenvalue weighted by atomic mass is 10.0. The third kappa shape index (κ3) is 4.14. The Morgan fingerprint density at radius 3 is 2.00 bits per heavy atom. The van der Waals surface area contributed by atoms with Gasteiger partial charge in [0.1, 0.15) is 0 Å². The Labute approximate surface area is 146 Å². The molecule has 0 spiro atoms. The number of carboxylic acid groups (broad SMARTS) is 1. The van der Waals surface area contributed by atoms with Crippen molar-refractivity contribution in [2.24, 2.45) is 0 Å². The van der Waals surface area contributed by atoms with Gasteiger partial charge in [0, 0.05) is 18.6 Å². The number of carboxylic acids is 1. The number of benzene rings is 2. The molecular formula is C17H18ClNO4S. The summed E-state index contributed by atoms with van der Waals surface area (Å²) in [6.45, 7) is 1.28. The minimum absolute atomic E-state index is 0.112. The van der Waals surface area contributed by atoms with Gasteiger partial charge in [-0.25, -0.2) is 8.42 Å². The summed E-state index contributed by atoms with van der Waals surface area (Å²) in [5.41, 5.74) is 2.77. The SMILES string of the molecule is CC(C(=O)O)S(=O)(=O)N(C)Cc1ccc(-c2ccc(Cl)cc2)cc1. The van der Waals surface area contributed by atoms with Crippen molar-refractivity contribution in [3.8, 4) is 11.1 Å². The van der Waals surface area contributed by atoms with Crippen molar-refractivity contribution in [3.05, 3.63) is 59.1 Å². The average molecular weight is 368 g/mol. The van der Waals surface area contributed by atoms with Crippen LogP contribution in [0.4, 0.5) is 0 Å². The van der Waals surface area contributed by atoms with Gasteiger partial charge in [-0.05, 0) is 35.7 Å². The van der Waals surface area contributed by atoms with Crippen LogP contribution in [0, 0.1) is 0 Å². The second-order valence-corrected chi connectivity index (χ2v) is 8.28. The van der Waals surface area contributed by atoms with E-state index >= 15 is 0 Å². The molecule has 1 unspecified atom stereocenters. The van der Waals surface area contributed by atoms with Gasteiger partial charge < -0.3 is 5.11 Å². The molecule has 0 radical (unpaired) electrons. The van der Waals surface area contributed by atoms with Gasteiger partial charge in [0.05, 0.1) is 0 Å². The monoisotopic (exact) mass is 367 g/mol. The van der Waals surface area contributed by atoms with E-state index in [0.29, 0.717) is 5.02 Å². The second-order valence-electron chi connectivity index (χ2n) is 5.49. The van der Waals surface area contributed by atoms with Crippen molar-refractivity contribution in [1.29, 1.82) is 0 Å². The van der Waals surface area contributed by atoms with Crippen molar-refractivity contribution in [1.82, 2.24) is 4.31 Å². The number of aliphatic carboxylic acids is 1. The number of hydrogen-bond acceptors (Lipinski definition) is 3. The van der Waals surface area contributed by atoms with Crippen LogP contribution in [0.2, 0.25) is 5.02 Å². The summed E-state index contributed by atoms with van der Waals surface area (Å²) >= 11 is 5.87. The van der Waals surface area contributed by atoms with E-state index in [1.807, 2.05) is 36.4 Å². The summed E-state index contributed by atoms with van der Waals surface area (Å²) in [6, 6.07) is 14.8. The fraction of sp³-hybridized carbons (Fsp3) is 0.235. The zero-order valence-electron chi connectivity index (χ0n) is 13.3. The Morgan fingerprint density at radius 1 is 1.08 bits per heavy atom. The molecule has 0 aromatic heterocycles. The van der Waals surface area contributed by atoms with Gasteiger partial charge in [-0.15, -0.1) is 0 Å². The van der Waals surface area contributed by atoms with Crippen LogP contribution < -0.4 is 0 Å². The molecule has 24 heavy (non-hydrogen) atoms. The predicted octanol–water partition coefficient (Wildman–Crippen LogP) is 3.24. The highest BCUT2D eigenvalue weighted by Crippen LogP contribution is 2.22. The van der Waals surface area contributed by atoms with Gasteiger partial charge in [-0.1, -0.05) is 48.0 Å². The molecule has 2 aromatic carbocycles. The van der Waals surface area contributed by atoms with Gasteiger partial charge in [0.25, 0.3) is 0 Å². The highest BCUT2D eigenvalue weighted by molar-refractivity contribution is 7.90. The van der Waals surface area contributed by atoms with Crippen LogP contribution in [0.5, 0.6) is 0 Å². The lowest BCUT2D eigenvalue weighted by Crippen LogP contribution is -2.38. The van der Waals surface area contributed by atoms with Crippen LogP contribution in [-0.2, 0) is 21.4 Å². The lowest BCUT2D eigenvalue weighted by Gasteiger charge is -2.19. The number of hydrogen-bond donors (Lipinski definition) is 1. The van der Waals surface area contributed by atoms with Gasteiger partial charge >= 0.3 is 5.97 Å². The number of halogens is 1. The van der Waals surface area contributed by atoms with E-state index in [0.717, 1.165) is 27.9 Å². The van der Waals surface area contributed by atoms with Gasteiger partial charge in [0.2, 0.25) is 10.0 Å². The molecule has 0 fully saturated rings. The third-order valence-electron chi connectivity index (χ3n) is 3.77. The number of carbonyl (C=O) groups is 1. The zero-order valence-corrected chi connectivity index (χ0v) is 14.9. The molecule has 128 valence electrons. The molecule has 0 aliphatic carbocycles. The summed E-state index contributed by atoms with van der Waals surface area (Å²) in [4.78, 5) is 10.9. The summed E-state index contributed by atoms with van der Waals surface area (Å²) < 4.78 is 25.3. The highest BCUT2D eigenvalue weighted by Gasteiger charge is 2.31.